The fourth-order valence-electron chi connectivity index (χ4n) is 1.40. The van der Waals surface area contributed by atoms with Gasteiger partial charge in [-0.2, -0.15) is 0 Å². The van der Waals surface area contributed by atoms with E-state index in [0.717, 1.165) is 18.8 Å². The standard InChI is InChI=1S/C9H14N4/c10-8-2-4-11-9(12-8)3-7-13-5-1-6-13/h2,4H,1,3,5-7H2,(H2,10,11,12). The molecule has 1 aliphatic heterocycles. The van der Waals surface area contributed by atoms with Gasteiger partial charge in [0.15, 0.2) is 0 Å². The van der Waals surface area contributed by atoms with Gasteiger partial charge in [0.1, 0.15) is 11.6 Å². The second kappa shape index (κ2) is 3.70. The van der Waals surface area contributed by atoms with Crippen molar-refractivity contribution in [1.82, 2.24) is 14.9 Å². The molecule has 2 heterocycles. The van der Waals surface area contributed by atoms with Gasteiger partial charge < -0.3 is 10.6 Å². The van der Waals surface area contributed by atoms with E-state index in [-0.39, 0.29) is 0 Å². The van der Waals surface area contributed by atoms with E-state index in [1.54, 1.807) is 12.3 Å². The number of aromatic nitrogens is 2. The molecule has 0 aliphatic carbocycles. The third-order valence-electron chi connectivity index (χ3n) is 2.33. The van der Waals surface area contributed by atoms with E-state index in [1.165, 1.54) is 19.5 Å². The van der Waals surface area contributed by atoms with Crippen molar-refractivity contribution in [3.8, 4) is 0 Å². The van der Waals surface area contributed by atoms with Crippen LogP contribution >= 0.6 is 0 Å². The highest BCUT2D eigenvalue weighted by atomic mass is 15.2. The third-order valence-corrected chi connectivity index (χ3v) is 2.33. The van der Waals surface area contributed by atoms with Gasteiger partial charge in [-0.15, -0.1) is 0 Å². The molecule has 0 saturated carbocycles. The van der Waals surface area contributed by atoms with Gasteiger partial charge in [-0.3, -0.25) is 0 Å². The van der Waals surface area contributed by atoms with Crippen LogP contribution in [0.1, 0.15) is 12.2 Å². The zero-order chi connectivity index (χ0) is 9.10. The predicted octanol–water partition coefficient (Wildman–Crippen LogP) is 0.307. The van der Waals surface area contributed by atoms with Crippen molar-refractivity contribution in [3.05, 3.63) is 18.1 Å². The maximum atomic E-state index is 5.55. The molecule has 1 aliphatic rings. The minimum atomic E-state index is 0.564. The Morgan fingerprint density at radius 3 is 2.92 bits per heavy atom. The fraction of sp³-hybridized carbons (Fsp3) is 0.556. The molecule has 0 bridgehead atoms. The summed E-state index contributed by atoms with van der Waals surface area (Å²) in [5.74, 6) is 1.42. The highest BCUT2D eigenvalue weighted by Crippen LogP contribution is 2.06. The summed E-state index contributed by atoms with van der Waals surface area (Å²) in [6, 6.07) is 1.72. The first-order valence-electron chi connectivity index (χ1n) is 4.64. The quantitative estimate of drug-likeness (QED) is 0.723. The minimum Gasteiger partial charge on any atom is -0.384 e. The zero-order valence-corrected chi connectivity index (χ0v) is 7.61. The van der Waals surface area contributed by atoms with E-state index in [9.17, 15) is 0 Å². The molecular weight excluding hydrogens is 164 g/mol. The molecule has 70 valence electrons. The summed E-state index contributed by atoms with van der Waals surface area (Å²) in [5, 5.41) is 0. The first-order chi connectivity index (χ1) is 6.34. The van der Waals surface area contributed by atoms with Gasteiger partial charge in [0.2, 0.25) is 0 Å². The molecule has 2 rings (SSSR count). The van der Waals surface area contributed by atoms with E-state index in [2.05, 4.69) is 14.9 Å². The normalized spacial score (nSPS) is 16.9. The first-order valence-corrected chi connectivity index (χ1v) is 4.64. The number of hydrogen-bond donors (Lipinski definition) is 1. The van der Waals surface area contributed by atoms with Crippen molar-refractivity contribution in [2.24, 2.45) is 0 Å². The number of nitrogens with zero attached hydrogens (tertiary/aromatic N) is 3. The summed E-state index contributed by atoms with van der Waals surface area (Å²) < 4.78 is 0. The van der Waals surface area contributed by atoms with Gasteiger partial charge in [-0.05, 0) is 25.6 Å². The highest BCUT2D eigenvalue weighted by molar-refractivity contribution is 5.25. The molecule has 13 heavy (non-hydrogen) atoms. The molecule has 0 aromatic carbocycles. The SMILES string of the molecule is Nc1ccnc(CCN2CCC2)n1. The van der Waals surface area contributed by atoms with Crippen molar-refractivity contribution in [3.63, 3.8) is 0 Å². The maximum Gasteiger partial charge on any atom is 0.131 e. The lowest BCUT2D eigenvalue weighted by Crippen LogP contribution is -2.38. The Morgan fingerprint density at radius 2 is 2.31 bits per heavy atom. The lowest BCUT2D eigenvalue weighted by atomic mass is 10.2. The number of hydrogen-bond acceptors (Lipinski definition) is 4. The molecule has 4 nitrogen and oxygen atoms in total. The molecule has 1 saturated heterocycles. The molecule has 0 spiro atoms. The van der Waals surface area contributed by atoms with Gasteiger partial charge in [0, 0.05) is 19.2 Å². The number of nitrogen functional groups attached to an aromatic ring is 1. The lowest BCUT2D eigenvalue weighted by Gasteiger charge is -2.30. The summed E-state index contributed by atoms with van der Waals surface area (Å²) in [5.41, 5.74) is 5.55. The Hall–Kier alpha value is -1.16. The van der Waals surface area contributed by atoms with Crippen molar-refractivity contribution >= 4 is 5.82 Å². The van der Waals surface area contributed by atoms with Gasteiger partial charge in [-0.25, -0.2) is 9.97 Å². The summed E-state index contributed by atoms with van der Waals surface area (Å²) in [7, 11) is 0. The van der Waals surface area contributed by atoms with Crippen LogP contribution < -0.4 is 5.73 Å². The van der Waals surface area contributed by atoms with Crippen LogP contribution in [0.15, 0.2) is 12.3 Å². The van der Waals surface area contributed by atoms with Crippen molar-refractivity contribution < 1.29 is 0 Å². The molecular formula is C9H14N4. The van der Waals surface area contributed by atoms with Gasteiger partial charge >= 0.3 is 0 Å². The Labute approximate surface area is 77.8 Å². The van der Waals surface area contributed by atoms with Gasteiger partial charge in [0.25, 0.3) is 0 Å². The molecule has 1 aromatic heterocycles. The second-order valence-electron chi connectivity index (χ2n) is 3.34. The first kappa shape index (κ1) is 8.44. The van der Waals surface area contributed by atoms with Crippen molar-refractivity contribution in [1.29, 1.82) is 0 Å². The zero-order valence-electron chi connectivity index (χ0n) is 7.61. The second-order valence-corrected chi connectivity index (χ2v) is 3.34. The van der Waals surface area contributed by atoms with E-state index in [0.29, 0.717) is 5.82 Å². The predicted molar refractivity (Wildman–Crippen MR) is 51.2 cm³/mol. The summed E-state index contributed by atoms with van der Waals surface area (Å²) in [6.07, 6.45) is 3.95. The van der Waals surface area contributed by atoms with E-state index in [4.69, 9.17) is 5.73 Å². The smallest absolute Gasteiger partial charge is 0.131 e. The van der Waals surface area contributed by atoms with E-state index in [1.807, 2.05) is 0 Å². The minimum absolute atomic E-state index is 0.564. The summed E-state index contributed by atoms with van der Waals surface area (Å²) in [4.78, 5) is 10.7. The summed E-state index contributed by atoms with van der Waals surface area (Å²) in [6.45, 7) is 3.51. The molecule has 1 fully saturated rings. The lowest BCUT2D eigenvalue weighted by molar-refractivity contribution is 0.183. The average molecular weight is 178 g/mol. The molecule has 2 N–H and O–H groups in total. The molecule has 0 atom stereocenters. The van der Waals surface area contributed by atoms with Crippen LogP contribution in [-0.4, -0.2) is 34.5 Å². The Balaban J connectivity index is 1.86. The van der Waals surface area contributed by atoms with Crippen LogP contribution in [0, 0.1) is 0 Å². The number of nitrogens with two attached hydrogens (primary N) is 1. The van der Waals surface area contributed by atoms with Gasteiger partial charge in [0.05, 0.1) is 0 Å². The molecule has 0 amide bonds. The Morgan fingerprint density at radius 1 is 1.46 bits per heavy atom. The Kier molecular flexibility index (Phi) is 2.40. The molecule has 4 heteroatoms. The number of rotatable bonds is 3. The highest BCUT2D eigenvalue weighted by Gasteiger charge is 2.13. The average Bonchev–Trinajstić information content (AvgIpc) is 2.01. The van der Waals surface area contributed by atoms with Crippen LogP contribution in [0.3, 0.4) is 0 Å². The Bertz CT molecular complexity index is 283. The van der Waals surface area contributed by atoms with Crippen LogP contribution in [0.2, 0.25) is 0 Å². The fourth-order valence-corrected chi connectivity index (χ4v) is 1.40. The van der Waals surface area contributed by atoms with E-state index < -0.39 is 0 Å². The maximum absolute atomic E-state index is 5.55. The number of anilines is 1. The van der Waals surface area contributed by atoms with Crippen LogP contribution in [0.25, 0.3) is 0 Å². The summed E-state index contributed by atoms with van der Waals surface area (Å²) >= 11 is 0. The van der Waals surface area contributed by atoms with E-state index >= 15 is 0 Å². The van der Waals surface area contributed by atoms with Crippen LogP contribution in [-0.2, 0) is 6.42 Å². The molecule has 0 radical (unpaired) electrons. The van der Waals surface area contributed by atoms with Crippen molar-refractivity contribution in [2.45, 2.75) is 12.8 Å². The third kappa shape index (κ3) is 2.15. The topological polar surface area (TPSA) is 55.0 Å². The molecule has 1 aromatic rings. The number of likely N-dealkylation sites (tertiary alicyclic amines) is 1. The largest absolute Gasteiger partial charge is 0.384 e. The van der Waals surface area contributed by atoms with Gasteiger partial charge in [-0.1, -0.05) is 0 Å². The van der Waals surface area contributed by atoms with Crippen LogP contribution in [0.4, 0.5) is 5.82 Å². The van der Waals surface area contributed by atoms with Crippen molar-refractivity contribution in [2.75, 3.05) is 25.4 Å². The molecule has 0 unspecified atom stereocenters. The monoisotopic (exact) mass is 178 g/mol. The van der Waals surface area contributed by atoms with Crippen LogP contribution in [0.5, 0.6) is 0 Å².